The zero-order valence-corrected chi connectivity index (χ0v) is 9.54. The first-order valence-electron chi connectivity index (χ1n) is 5.09. The standard InChI is InChI=1S/C13H17NO/c1-10-4-5-12(11(2)6-10)7-13(3,8-14)9-15/h4-6,15H,7,9H2,1-3H3. The zero-order valence-electron chi connectivity index (χ0n) is 9.54. The van der Waals surface area contributed by atoms with E-state index in [1.165, 1.54) is 11.1 Å². The first-order valence-corrected chi connectivity index (χ1v) is 5.09. The van der Waals surface area contributed by atoms with Crippen LogP contribution in [0, 0.1) is 30.6 Å². The molecule has 0 aliphatic rings. The van der Waals surface area contributed by atoms with Crippen molar-refractivity contribution in [3.63, 3.8) is 0 Å². The summed E-state index contributed by atoms with van der Waals surface area (Å²) in [6.45, 7) is 5.77. The Balaban J connectivity index is 2.95. The third-order valence-corrected chi connectivity index (χ3v) is 2.70. The molecule has 0 amide bonds. The van der Waals surface area contributed by atoms with Gasteiger partial charge in [0.1, 0.15) is 0 Å². The van der Waals surface area contributed by atoms with E-state index in [1.54, 1.807) is 6.92 Å². The number of aryl methyl sites for hydroxylation is 2. The molecule has 0 saturated heterocycles. The molecule has 1 aromatic rings. The lowest BCUT2D eigenvalue weighted by atomic mass is 9.84. The van der Waals surface area contributed by atoms with E-state index < -0.39 is 5.41 Å². The average Bonchev–Trinajstić information content (AvgIpc) is 2.22. The molecule has 1 rings (SSSR count). The van der Waals surface area contributed by atoms with Crippen LogP contribution in [0.5, 0.6) is 0 Å². The molecule has 0 fully saturated rings. The molecule has 0 saturated carbocycles. The Morgan fingerprint density at radius 1 is 1.40 bits per heavy atom. The van der Waals surface area contributed by atoms with Gasteiger partial charge in [-0.25, -0.2) is 0 Å². The molecule has 0 aromatic heterocycles. The van der Waals surface area contributed by atoms with Crippen LogP contribution in [-0.4, -0.2) is 11.7 Å². The summed E-state index contributed by atoms with van der Waals surface area (Å²) in [6, 6.07) is 8.35. The summed E-state index contributed by atoms with van der Waals surface area (Å²) in [5.74, 6) is 0. The van der Waals surface area contributed by atoms with Crippen molar-refractivity contribution < 1.29 is 5.11 Å². The van der Waals surface area contributed by atoms with Crippen LogP contribution in [0.15, 0.2) is 18.2 Å². The van der Waals surface area contributed by atoms with Crippen molar-refractivity contribution >= 4 is 0 Å². The molecule has 0 aliphatic carbocycles. The normalized spacial score (nSPS) is 14.3. The quantitative estimate of drug-likeness (QED) is 0.819. The van der Waals surface area contributed by atoms with E-state index in [9.17, 15) is 0 Å². The van der Waals surface area contributed by atoms with Crippen molar-refractivity contribution in [2.24, 2.45) is 5.41 Å². The minimum absolute atomic E-state index is 0.100. The fraction of sp³-hybridized carbons (Fsp3) is 0.462. The predicted octanol–water partition coefficient (Wildman–Crippen LogP) is 2.37. The van der Waals surface area contributed by atoms with Crippen LogP contribution >= 0.6 is 0 Å². The third-order valence-electron chi connectivity index (χ3n) is 2.70. The fourth-order valence-electron chi connectivity index (χ4n) is 1.60. The Labute approximate surface area is 91.2 Å². The van der Waals surface area contributed by atoms with Gasteiger partial charge in [-0.15, -0.1) is 0 Å². The second-order valence-electron chi connectivity index (χ2n) is 4.44. The molecular weight excluding hydrogens is 186 g/mol. The molecule has 15 heavy (non-hydrogen) atoms. The Morgan fingerprint density at radius 3 is 2.53 bits per heavy atom. The average molecular weight is 203 g/mol. The summed E-state index contributed by atoms with van der Waals surface area (Å²) in [7, 11) is 0. The summed E-state index contributed by atoms with van der Waals surface area (Å²) < 4.78 is 0. The highest BCUT2D eigenvalue weighted by Gasteiger charge is 2.23. The summed E-state index contributed by atoms with van der Waals surface area (Å²) in [5.41, 5.74) is 2.88. The third kappa shape index (κ3) is 2.81. The number of nitriles is 1. The Kier molecular flexibility index (Phi) is 3.49. The highest BCUT2D eigenvalue weighted by Crippen LogP contribution is 2.23. The zero-order chi connectivity index (χ0) is 11.5. The molecule has 0 spiro atoms. The number of hydrogen-bond acceptors (Lipinski definition) is 2. The Hall–Kier alpha value is -1.33. The number of nitrogens with zero attached hydrogens (tertiary/aromatic N) is 1. The molecule has 0 heterocycles. The number of rotatable bonds is 3. The van der Waals surface area contributed by atoms with Crippen molar-refractivity contribution in [3.8, 4) is 6.07 Å². The molecule has 1 unspecified atom stereocenters. The molecule has 2 heteroatoms. The van der Waals surface area contributed by atoms with Gasteiger partial charge in [0.05, 0.1) is 18.1 Å². The van der Waals surface area contributed by atoms with Crippen LogP contribution in [0.1, 0.15) is 23.6 Å². The molecule has 0 radical (unpaired) electrons. The lowest BCUT2D eigenvalue weighted by molar-refractivity contribution is 0.190. The highest BCUT2D eigenvalue weighted by atomic mass is 16.3. The summed E-state index contributed by atoms with van der Waals surface area (Å²) in [6.07, 6.45) is 0.603. The number of aliphatic hydroxyl groups excluding tert-OH is 1. The van der Waals surface area contributed by atoms with Crippen molar-refractivity contribution in [2.75, 3.05) is 6.61 Å². The molecule has 1 atom stereocenters. The molecule has 1 aromatic carbocycles. The van der Waals surface area contributed by atoms with Crippen molar-refractivity contribution in [1.82, 2.24) is 0 Å². The van der Waals surface area contributed by atoms with E-state index in [-0.39, 0.29) is 6.61 Å². The van der Waals surface area contributed by atoms with Gasteiger partial charge >= 0.3 is 0 Å². The van der Waals surface area contributed by atoms with Gasteiger partial charge in [0.2, 0.25) is 0 Å². The lowest BCUT2D eigenvalue weighted by Crippen LogP contribution is -2.22. The van der Waals surface area contributed by atoms with E-state index >= 15 is 0 Å². The van der Waals surface area contributed by atoms with Gasteiger partial charge in [-0.1, -0.05) is 23.8 Å². The SMILES string of the molecule is Cc1ccc(CC(C)(C#N)CO)c(C)c1. The monoisotopic (exact) mass is 203 g/mol. The van der Waals surface area contributed by atoms with E-state index in [4.69, 9.17) is 10.4 Å². The van der Waals surface area contributed by atoms with Crippen molar-refractivity contribution in [3.05, 3.63) is 34.9 Å². The lowest BCUT2D eigenvalue weighted by Gasteiger charge is -2.19. The van der Waals surface area contributed by atoms with Gasteiger partial charge in [-0.3, -0.25) is 0 Å². The first kappa shape index (κ1) is 11.7. The van der Waals surface area contributed by atoms with Crippen LogP contribution < -0.4 is 0 Å². The molecule has 80 valence electrons. The molecule has 0 bridgehead atoms. The highest BCUT2D eigenvalue weighted by molar-refractivity contribution is 5.32. The largest absolute Gasteiger partial charge is 0.395 e. The topological polar surface area (TPSA) is 44.0 Å². The van der Waals surface area contributed by atoms with Crippen LogP contribution in [0.25, 0.3) is 0 Å². The van der Waals surface area contributed by atoms with Gasteiger partial charge in [-0.2, -0.15) is 5.26 Å². The number of aliphatic hydroxyl groups is 1. The van der Waals surface area contributed by atoms with Gasteiger partial charge in [0, 0.05) is 0 Å². The molecule has 0 aliphatic heterocycles. The van der Waals surface area contributed by atoms with E-state index in [2.05, 4.69) is 12.1 Å². The minimum atomic E-state index is -0.667. The smallest absolute Gasteiger partial charge is 0.0816 e. The van der Waals surface area contributed by atoms with Crippen LogP contribution in [-0.2, 0) is 6.42 Å². The van der Waals surface area contributed by atoms with Crippen LogP contribution in [0.2, 0.25) is 0 Å². The summed E-state index contributed by atoms with van der Waals surface area (Å²) in [5, 5.41) is 18.2. The van der Waals surface area contributed by atoms with Gasteiger partial charge in [0.25, 0.3) is 0 Å². The molecule has 2 nitrogen and oxygen atoms in total. The summed E-state index contributed by atoms with van der Waals surface area (Å²) >= 11 is 0. The summed E-state index contributed by atoms with van der Waals surface area (Å²) in [4.78, 5) is 0. The maximum atomic E-state index is 9.17. The second-order valence-corrected chi connectivity index (χ2v) is 4.44. The maximum Gasteiger partial charge on any atom is 0.0816 e. The Morgan fingerprint density at radius 2 is 2.07 bits per heavy atom. The first-order chi connectivity index (χ1) is 7.00. The van der Waals surface area contributed by atoms with Crippen molar-refractivity contribution in [2.45, 2.75) is 27.2 Å². The van der Waals surface area contributed by atoms with Crippen LogP contribution in [0.4, 0.5) is 0 Å². The minimum Gasteiger partial charge on any atom is -0.395 e. The van der Waals surface area contributed by atoms with E-state index in [0.717, 1.165) is 5.56 Å². The maximum absolute atomic E-state index is 9.17. The molecular formula is C13H17NO. The Bertz CT molecular complexity index is 392. The van der Waals surface area contributed by atoms with Gasteiger partial charge in [-0.05, 0) is 38.3 Å². The van der Waals surface area contributed by atoms with Gasteiger partial charge in [0.15, 0.2) is 0 Å². The predicted molar refractivity (Wildman–Crippen MR) is 60.4 cm³/mol. The van der Waals surface area contributed by atoms with Crippen molar-refractivity contribution in [1.29, 1.82) is 5.26 Å². The molecule has 1 N–H and O–H groups in total. The van der Waals surface area contributed by atoms with E-state index in [1.807, 2.05) is 26.0 Å². The van der Waals surface area contributed by atoms with Crippen LogP contribution in [0.3, 0.4) is 0 Å². The second kappa shape index (κ2) is 4.46. The number of benzene rings is 1. The van der Waals surface area contributed by atoms with E-state index in [0.29, 0.717) is 6.42 Å². The number of hydrogen-bond donors (Lipinski definition) is 1. The van der Waals surface area contributed by atoms with Gasteiger partial charge < -0.3 is 5.11 Å². The fourth-order valence-corrected chi connectivity index (χ4v) is 1.60.